The summed E-state index contributed by atoms with van der Waals surface area (Å²) in [5.41, 5.74) is 1.42. The predicted octanol–water partition coefficient (Wildman–Crippen LogP) is 3.74. The standard InChI is InChI=1S/C20H16F2N2O4S/c1-10-4-3-5-13-19(10)24(20(26)14(28-13)8-17(25)27-2)9-16-23-18-12(22)6-11(21)7-15(18)29-16/h3-7,14H,8-9H2,1-2H3. The Bertz CT molecular complexity index is 1130. The van der Waals surface area contributed by atoms with E-state index in [2.05, 4.69) is 9.72 Å². The fourth-order valence-corrected chi connectivity index (χ4v) is 4.28. The Morgan fingerprint density at radius 2 is 2.14 bits per heavy atom. The molecule has 0 N–H and O–H groups in total. The average Bonchev–Trinajstić information content (AvgIpc) is 3.07. The number of thiazole rings is 1. The van der Waals surface area contributed by atoms with Crippen molar-refractivity contribution in [3.05, 3.63) is 52.5 Å². The molecule has 0 radical (unpaired) electrons. The zero-order valence-electron chi connectivity index (χ0n) is 15.6. The van der Waals surface area contributed by atoms with Gasteiger partial charge in [0, 0.05) is 6.07 Å². The van der Waals surface area contributed by atoms with Crippen molar-refractivity contribution in [1.82, 2.24) is 4.98 Å². The van der Waals surface area contributed by atoms with Gasteiger partial charge in [0.05, 0.1) is 30.5 Å². The van der Waals surface area contributed by atoms with Gasteiger partial charge in [0.25, 0.3) is 5.91 Å². The number of methoxy groups -OCH3 is 1. The van der Waals surface area contributed by atoms with Crippen LogP contribution in [0.3, 0.4) is 0 Å². The van der Waals surface area contributed by atoms with Crippen molar-refractivity contribution in [2.75, 3.05) is 12.0 Å². The van der Waals surface area contributed by atoms with Gasteiger partial charge in [-0.15, -0.1) is 11.3 Å². The van der Waals surface area contributed by atoms with Gasteiger partial charge in [0.15, 0.2) is 11.9 Å². The highest BCUT2D eigenvalue weighted by atomic mass is 32.1. The molecule has 2 aromatic carbocycles. The predicted molar refractivity (Wildman–Crippen MR) is 103 cm³/mol. The summed E-state index contributed by atoms with van der Waals surface area (Å²) in [4.78, 5) is 30.5. The van der Waals surface area contributed by atoms with Crippen LogP contribution in [0.2, 0.25) is 0 Å². The fourth-order valence-electron chi connectivity index (χ4n) is 3.29. The summed E-state index contributed by atoms with van der Waals surface area (Å²) in [6.07, 6.45) is -1.28. The van der Waals surface area contributed by atoms with E-state index in [4.69, 9.17) is 4.74 Å². The first-order valence-electron chi connectivity index (χ1n) is 8.76. The molecule has 29 heavy (non-hydrogen) atoms. The number of carbonyl (C=O) groups is 2. The molecule has 1 amide bonds. The van der Waals surface area contributed by atoms with Crippen molar-refractivity contribution in [3.8, 4) is 5.75 Å². The van der Waals surface area contributed by atoms with Crippen LogP contribution in [-0.2, 0) is 20.9 Å². The summed E-state index contributed by atoms with van der Waals surface area (Å²) < 4.78 is 38.3. The Morgan fingerprint density at radius 3 is 2.90 bits per heavy atom. The number of nitrogens with zero attached hydrogens (tertiary/aromatic N) is 2. The first-order valence-corrected chi connectivity index (χ1v) is 9.58. The second-order valence-electron chi connectivity index (χ2n) is 6.57. The number of amides is 1. The monoisotopic (exact) mass is 418 g/mol. The number of ether oxygens (including phenoxy) is 2. The summed E-state index contributed by atoms with van der Waals surface area (Å²) in [5.74, 6) is -1.99. The maximum Gasteiger partial charge on any atom is 0.309 e. The van der Waals surface area contributed by atoms with E-state index in [1.54, 1.807) is 12.1 Å². The van der Waals surface area contributed by atoms with Crippen molar-refractivity contribution in [3.63, 3.8) is 0 Å². The molecule has 2 heterocycles. The van der Waals surface area contributed by atoms with Crippen LogP contribution in [0, 0.1) is 18.6 Å². The van der Waals surface area contributed by atoms with E-state index in [-0.39, 0.29) is 18.5 Å². The van der Waals surface area contributed by atoms with Crippen molar-refractivity contribution in [1.29, 1.82) is 0 Å². The summed E-state index contributed by atoms with van der Waals surface area (Å²) in [7, 11) is 1.24. The van der Waals surface area contributed by atoms with Crippen molar-refractivity contribution in [2.24, 2.45) is 0 Å². The van der Waals surface area contributed by atoms with Gasteiger partial charge in [-0.1, -0.05) is 12.1 Å². The van der Waals surface area contributed by atoms with Gasteiger partial charge in [-0.3, -0.25) is 14.5 Å². The SMILES string of the molecule is COC(=O)CC1Oc2cccc(C)c2N(Cc2nc3c(F)cc(F)cc3s2)C1=O. The van der Waals surface area contributed by atoms with E-state index in [0.717, 1.165) is 23.0 Å². The van der Waals surface area contributed by atoms with Crippen LogP contribution in [0.15, 0.2) is 30.3 Å². The smallest absolute Gasteiger partial charge is 0.309 e. The topological polar surface area (TPSA) is 68.7 Å². The second-order valence-corrected chi connectivity index (χ2v) is 7.69. The number of para-hydroxylation sites is 1. The Balaban J connectivity index is 1.74. The molecule has 0 aliphatic carbocycles. The van der Waals surface area contributed by atoms with Gasteiger partial charge in [-0.2, -0.15) is 0 Å². The molecule has 1 unspecified atom stereocenters. The first kappa shape index (κ1) is 19.3. The lowest BCUT2D eigenvalue weighted by molar-refractivity contribution is -0.145. The summed E-state index contributed by atoms with van der Waals surface area (Å²) in [5, 5.41) is 0.436. The van der Waals surface area contributed by atoms with E-state index in [0.29, 0.717) is 21.1 Å². The molecule has 150 valence electrons. The highest BCUT2D eigenvalue weighted by Gasteiger charge is 2.37. The number of carbonyl (C=O) groups excluding carboxylic acids is 2. The number of halogens is 2. The summed E-state index contributed by atoms with van der Waals surface area (Å²) in [6, 6.07) is 7.31. The number of esters is 1. The molecule has 6 nitrogen and oxygen atoms in total. The summed E-state index contributed by atoms with van der Waals surface area (Å²) >= 11 is 1.10. The number of hydrogen-bond donors (Lipinski definition) is 0. The number of benzene rings is 2. The lowest BCUT2D eigenvalue weighted by atomic mass is 10.1. The molecule has 3 aromatic rings. The van der Waals surface area contributed by atoms with Crippen molar-refractivity contribution < 1.29 is 27.8 Å². The van der Waals surface area contributed by atoms with Crippen LogP contribution in [0.1, 0.15) is 17.0 Å². The summed E-state index contributed by atoms with van der Waals surface area (Å²) in [6.45, 7) is 1.87. The zero-order valence-corrected chi connectivity index (χ0v) is 16.4. The fraction of sp³-hybridized carbons (Fsp3) is 0.250. The maximum atomic E-state index is 14.0. The number of hydrogen-bond acceptors (Lipinski definition) is 6. The highest BCUT2D eigenvalue weighted by Crippen LogP contribution is 2.39. The number of rotatable bonds is 4. The van der Waals surface area contributed by atoms with Crippen molar-refractivity contribution in [2.45, 2.75) is 26.0 Å². The van der Waals surface area contributed by atoms with E-state index in [1.165, 1.54) is 18.1 Å². The van der Waals surface area contributed by atoms with Gasteiger partial charge in [-0.25, -0.2) is 13.8 Å². The molecular weight excluding hydrogens is 402 g/mol. The Morgan fingerprint density at radius 1 is 1.34 bits per heavy atom. The number of fused-ring (bicyclic) bond motifs is 2. The largest absolute Gasteiger partial charge is 0.478 e. The highest BCUT2D eigenvalue weighted by molar-refractivity contribution is 7.18. The second kappa shape index (κ2) is 7.40. The minimum atomic E-state index is -1.04. The van der Waals surface area contributed by atoms with Crippen LogP contribution in [0.4, 0.5) is 14.5 Å². The van der Waals surface area contributed by atoms with Crippen LogP contribution in [-0.4, -0.2) is 30.1 Å². The third-order valence-electron chi connectivity index (χ3n) is 4.61. The molecular formula is C20H16F2N2O4S. The van der Waals surface area contributed by atoms with E-state index in [9.17, 15) is 18.4 Å². The van der Waals surface area contributed by atoms with Gasteiger partial charge in [-0.05, 0) is 24.6 Å². The molecule has 1 aliphatic heterocycles. The number of aryl methyl sites for hydroxylation is 1. The van der Waals surface area contributed by atoms with Crippen LogP contribution in [0.25, 0.3) is 10.2 Å². The van der Waals surface area contributed by atoms with E-state index >= 15 is 0 Å². The van der Waals surface area contributed by atoms with Gasteiger partial charge >= 0.3 is 5.97 Å². The molecule has 0 saturated carbocycles. The normalized spacial score (nSPS) is 15.9. The van der Waals surface area contributed by atoms with Gasteiger partial charge in [0.2, 0.25) is 0 Å². The lowest BCUT2D eigenvalue weighted by Crippen LogP contribution is -2.46. The lowest BCUT2D eigenvalue weighted by Gasteiger charge is -2.34. The van der Waals surface area contributed by atoms with Gasteiger partial charge in [0.1, 0.15) is 22.1 Å². The van der Waals surface area contributed by atoms with E-state index in [1.807, 2.05) is 13.0 Å². The Hall–Kier alpha value is -3.07. The molecule has 1 aliphatic rings. The molecule has 9 heteroatoms. The third-order valence-corrected chi connectivity index (χ3v) is 5.60. The molecule has 0 fully saturated rings. The molecule has 1 aromatic heterocycles. The quantitative estimate of drug-likeness (QED) is 0.604. The first-order chi connectivity index (χ1) is 13.9. The Labute approximate surface area is 168 Å². The number of aromatic nitrogens is 1. The van der Waals surface area contributed by atoms with Crippen LogP contribution in [0.5, 0.6) is 5.75 Å². The van der Waals surface area contributed by atoms with E-state index < -0.39 is 29.6 Å². The zero-order chi connectivity index (χ0) is 20.7. The minimum Gasteiger partial charge on any atom is -0.478 e. The third kappa shape index (κ3) is 3.53. The van der Waals surface area contributed by atoms with Crippen molar-refractivity contribution >= 4 is 39.1 Å². The number of anilines is 1. The maximum absolute atomic E-state index is 14.0. The molecule has 4 rings (SSSR count). The van der Waals surface area contributed by atoms with Crippen LogP contribution >= 0.6 is 11.3 Å². The minimum absolute atomic E-state index is 0.0398. The molecule has 1 atom stereocenters. The van der Waals surface area contributed by atoms with Gasteiger partial charge < -0.3 is 9.47 Å². The van der Waals surface area contributed by atoms with Crippen LogP contribution < -0.4 is 9.64 Å². The molecule has 0 saturated heterocycles. The molecule has 0 spiro atoms. The Kier molecular flexibility index (Phi) is 4.91. The average molecular weight is 418 g/mol. The molecule has 0 bridgehead atoms.